The highest BCUT2D eigenvalue weighted by Crippen LogP contribution is 2.52. The van der Waals surface area contributed by atoms with Crippen LogP contribution in [0.5, 0.6) is 0 Å². The molecule has 0 amide bonds. The van der Waals surface area contributed by atoms with Gasteiger partial charge < -0.3 is 34.5 Å². The van der Waals surface area contributed by atoms with Gasteiger partial charge in [0.1, 0.15) is 23.5 Å². The van der Waals surface area contributed by atoms with Gasteiger partial charge in [-0.05, 0) is 39.4 Å². The average Bonchev–Trinajstić information content (AvgIpc) is 3.02. The molecule has 3 heterocycles. The summed E-state index contributed by atoms with van der Waals surface area (Å²) in [5, 5.41) is 30.6. The van der Waals surface area contributed by atoms with Crippen molar-refractivity contribution in [2.75, 3.05) is 0 Å². The molecular formula is C20H27F3N3O8PS. The number of hydrogen-bond acceptors (Lipinski definition) is 9. The number of aromatic amines is 1. The minimum absolute atomic E-state index is 0.171. The third-order valence-corrected chi connectivity index (χ3v) is 8.20. The zero-order chi connectivity index (χ0) is 27.4. The van der Waals surface area contributed by atoms with Crippen LogP contribution in [0, 0.1) is 11.7 Å². The number of nitrogens with one attached hydrogen (secondary N) is 1. The molecule has 7 atom stereocenters. The Labute approximate surface area is 208 Å². The monoisotopic (exact) mass is 557 g/mol. The van der Waals surface area contributed by atoms with Crippen molar-refractivity contribution in [3.8, 4) is 0 Å². The van der Waals surface area contributed by atoms with E-state index in [2.05, 4.69) is 9.97 Å². The van der Waals surface area contributed by atoms with E-state index in [-0.39, 0.29) is 23.0 Å². The second-order valence-electron chi connectivity index (χ2n) is 8.99. The highest BCUT2D eigenvalue weighted by Gasteiger charge is 2.48. The van der Waals surface area contributed by atoms with Gasteiger partial charge in [-0.15, -0.1) is 0 Å². The van der Waals surface area contributed by atoms with E-state index in [1.807, 2.05) is 0 Å². The maximum absolute atomic E-state index is 13.3. The summed E-state index contributed by atoms with van der Waals surface area (Å²) in [6.07, 6.45) is -9.40. The molecule has 1 fully saturated rings. The summed E-state index contributed by atoms with van der Waals surface area (Å²) in [6, 6.07) is 0. The molecule has 2 aromatic heterocycles. The Morgan fingerprint density at radius 3 is 2.50 bits per heavy atom. The van der Waals surface area contributed by atoms with Crippen molar-refractivity contribution in [2.24, 2.45) is 0 Å². The molecule has 3 rings (SSSR count). The Kier molecular flexibility index (Phi) is 7.91. The molecule has 36 heavy (non-hydrogen) atoms. The Morgan fingerprint density at radius 1 is 1.36 bits per heavy atom. The lowest BCUT2D eigenvalue weighted by molar-refractivity contribution is -0.141. The summed E-state index contributed by atoms with van der Waals surface area (Å²) in [5.74, 6) is -1.67. The molecule has 16 heteroatoms. The first-order valence-corrected chi connectivity index (χ1v) is 12.9. The van der Waals surface area contributed by atoms with Gasteiger partial charge in [0.15, 0.2) is 17.5 Å². The number of nitrogens with zero attached hydrogens (tertiary/aromatic N) is 2. The molecule has 0 bridgehead atoms. The van der Waals surface area contributed by atoms with E-state index in [9.17, 15) is 42.7 Å². The van der Waals surface area contributed by atoms with E-state index in [0.717, 1.165) is 24.6 Å². The van der Waals surface area contributed by atoms with Crippen LogP contribution in [0.2, 0.25) is 0 Å². The van der Waals surface area contributed by atoms with E-state index < -0.39 is 72.1 Å². The Balaban J connectivity index is 1.98. The molecular weight excluding hydrogens is 530 g/mol. The quantitative estimate of drug-likeness (QED) is 0.252. The van der Waals surface area contributed by atoms with E-state index >= 15 is 0 Å². The van der Waals surface area contributed by atoms with Crippen LogP contribution in [0.4, 0.5) is 13.2 Å². The van der Waals surface area contributed by atoms with Gasteiger partial charge in [0.2, 0.25) is 4.77 Å². The predicted octanol–water partition coefficient (Wildman–Crippen LogP) is 2.50. The number of fused-ring (bicyclic) bond motifs is 1. The van der Waals surface area contributed by atoms with Crippen molar-refractivity contribution in [1.82, 2.24) is 14.5 Å². The number of H-pyrrole nitrogens is 1. The standard InChI is InChI=1S/C20H27F3N3O8PS/c1-5-19(4,34-35(31,32)9(3)27)6-11-13(29)14(30)17(33-11)26-7-10-12(28)8(2)15(20(21,22)23)24-16(10)25-18(26)36/h7,9,11,13-14,17,27,29-30H,5-6H2,1-4H3,(H,31,32)(H,24,25,36)/t9?,11-,13?,14+,17-,19?/m1/s1. The third-order valence-electron chi connectivity index (χ3n) is 6.25. The number of ether oxygens (including phenoxy) is 1. The lowest BCUT2D eigenvalue weighted by Gasteiger charge is -2.34. The van der Waals surface area contributed by atoms with Crippen LogP contribution in [0.1, 0.15) is 51.1 Å². The number of halogens is 3. The van der Waals surface area contributed by atoms with Gasteiger partial charge in [-0.3, -0.25) is 13.9 Å². The Bertz CT molecular complexity index is 1320. The second-order valence-corrected chi connectivity index (χ2v) is 11.4. The van der Waals surface area contributed by atoms with Gasteiger partial charge in [0, 0.05) is 18.2 Å². The maximum atomic E-state index is 13.3. The third kappa shape index (κ3) is 5.43. The van der Waals surface area contributed by atoms with Crippen molar-refractivity contribution in [3.63, 3.8) is 0 Å². The van der Waals surface area contributed by atoms with Crippen molar-refractivity contribution < 1.29 is 47.2 Å². The zero-order valence-corrected chi connectivity index (χ0v) is 21.4. The number of pyridine rings is 1. The molecule has 0 aromatic carbocycles. The molecule has 0 spiro atoms. The summed E-state index contributed by atoms with van der Waals surface area (Å²) in [7, 11) is -4.42. The highest BCUT2D eigenvalue weighted by atomic mass is 32.1. The predicted molar refractivity (Wildman–Crippen MR) is 123 cm³/mol. The zero-order valence-electron chi connectivity index (χ0n) is 19.7. The molecule has 1 saturated heterocycles. The van der Waals surface area contributed by atoms with Crippen LogP contribution < -0.4 is 5.43 Å². The summed E-state index contributed by atoms with van der Waals surface area (Å²) >= 11 is 5.15. The highest BCUT2D eigenvalue weighted by molar-refractivity contribution is 7.71. The SMILES string of the molecule is CCC(C)(C[C@H]1O[C@@H](n2cc3c(=O)c(C)c(C(F)(F)F)[nH]c3nc2=S)[C@@H](O)C1O)OP(=O)(O)C(C)O. The molecule has 5 N–H and O–H groups in total. The minimum atomic E-state index is -4.82. The summed E-state index contributed by atoms with van der Waals surface area (Å²) in [6.45, 7) is 5.21. The molecule has 2 aromatic rings. The van der Waals surface area contributed by atoms with Crippen molar-refractivity contribution >= 4 is 30.8 Å². The number of alkyl halides is 3. The number of aromatic nitrogens is 3. The first-order chi connectivity index (χ1) is 16.4. The van der Waals surface area contributed by atoms with E-state index in [1.54, 1.807) is 6.92 Å². The molecule has 11 nitrogen and oxygen atoms in total. The van der Waals surface area contributed by atoms with Crippen LogP contribution in [0.25, 0.3) is 11.0 Å². The van der Waals surface area contributed by atoms with Crippen molar-refractivity contribution in [1.29, 1.82) is 0 Å². The first kappa shape index (κ1) is 28.9. The molecule has 202 valence electrons. The van der Waals surface area contributed by atoms with Crippen molar-refractivity contribution in [2.45, 2.75) is 82.7 Å². The van der Waals surface area contributed by atoms with Gasteiger partial charge in [-0.1, -0.05) is 6.92 Å². The summed E-state index contributed by atoms with van der Waals surface area (Å²) in [4.78, 5) is 28.5. The second kappa shape index (κ2) is 9.87. The van der Waals surface area contributed by atoms with Crippen LogP contribution in [-0.2, 0) is 20.0 Å². The molecule has 4 unspecified atom stereocenters. The molecule has 0 saturated carbocycles. The Hall–Kier alpha value is -1.71. The Morgan fingerprint density at radius 2 is 1.97 bits per heavy atom. The lowest BCUT2D eigenvalue weighted by Crippen LogP contribution is -2.39. The van der Waals surface area contributed by atoms with Crippen LogP contribution in [0.3, 0.4) is 0 Å². The number of aliphatic hydroxyl groups is 3. The smallest absolute Gasteiger partial charge is 0.388 e. The van der Waals surface area contributed by atoms with Crippen LogP contribution >= 0.6 is 19.8 Å². The number of aliphatic hydroxyl groups excluding tert-OH is 3. The largest absolute Gasteiger partial charge is 0.431 e. The van der Waals surface area contributed by atoms with E-state index in [4.69, 9.17) is 21.5 Å². The summed E-state index contributed by atoms with van der Waals surface area (Å²) < 4.78 is 63.8. The van der Waals surface area contributed by atoms with Gasteiger partial charge >= 0.3 is 13.8 Å². The molecule has 1 aliphatic rings. The van der Waals surface area contributed by atoms with E-state index in [1.165, 1.54) is 6.92 Å². The number of rotatable bonds is 7. The maximum Gasteiger partial charge on any atom is 0.431 e. The molecule has 1 aliphatic heterocycles. The fourth-order valence-corrected chi connectivity index (χ4v) is 5.15. The van der Waals surface area contributed by atoms with Gasteiger partial charge in [0.25, 0.3) is 0 Å². The molecule has 0 aliphatic carbocycles. The number of hydrogen-bond donors (Lipinski definition) is 5. The normalized spacial score (nSPS) is 27.1. The van der Waals surface area contributed by atoms with Gasteiger partial charge in [-0.25, -0.2) is 4.98 Å². The average molecular weight is 557 g/mol. The first-order valence-electron chi connectivity index (χ1n) is 10.9. The topological polar surface area (TPSA) is 167 Å². The van der Waals surface area contributed by atoms with E-state index in [0.29, 0.717) is 0 Å². The fourth-order valence-electron chi connectivity index (χ4n) is 3.92. The van der Waals surface area contributed by atoms with Crippen LogP contribution in [-0.4, -0.2) is 64.5 Å². The summed E-state index contributed by atoms with van der Waals surface area (Å²) in [5.41, 5.74) is -4.57. The fraction of sp³-hybridized carbons (Fsp3) is 0.650. The lowest BCUT2D eigenvalue weighted by atomic mass is 9.93. The van der Waals surface area contributed by atoms with Gasteiger partial charge in [0.05, 0.1) is 17.1 Å². The molecule has 0 radical (unpaired) electrons. The minimum Gasteiger partial charge on any atom is -0.388 e. The van der Waals surface area contributed by atoms with Crippen molar-refractivity contribution in [3.05, 3.63) is 32.4 Å². The van der Waals surface area contributed by atoms with Gasteiger partial charge in [-0.2, -0.15) is 13.2 Å². The van der Waals surface area contributed by atoms with Crippen LogP contribution in [0.15, 0.2) is 11.0 Å².